The van der Waals surface area contributed by atoms with Crippen molar-refractivity contribution in [3.63, 3.8) is 0 Å². The van der Waals surface area contributed by atoms with Gasteiger partial charge in [0.2, 0.25) is 5.95 Å². The summed E-state index contributed by atoms with van der Waals surface area (Å²) in [6.07, 6.45) is 9.92. The standard InChI is InChI=1S/C24H29N7O2/c1-33-21-14-26-24(28-19-6-4-5-17(11-19)23(32)30-9-2-3-10-30)29-22(21)18-13-27-31(15-18)20(12-25)16-7-8-16/h4-6,11,13-16,20H,2-3,7-10,12,25H2,1H3,(H,26,28,29). The van der Waals surface area contributed by atoms with E-state index in [0.29, 0.717) is 35.4 Å². The summed E-state index contributed by atoms with van der Waals surface area (Å²) in [6.45, 7) is 2.20. The SMILES string of the molecule is COc1cnc(Nc2cccc(C(=O)N3CCCC3)c2)nc1-c1cnn(C(CN)C2CC2)c1. The first-order valence-corrected chi connectivity index (χ1v) is 11.5. The summed E-state index contributed by atoms with van der Waals surface area (Å²) in [6, 6.07) is 7.65. The number of aromatic nitrogens is 4. The van der Waals surface area contributed by atoms with Gasteiger partial charge < -0.3 is 20.7 Å². The number of nitrogens with one attached hydrogen (secondary N) is 1. The van der Waals surface area contributed by atoms with Crippen LogP contribution in [-0.4, -0.2) is 57.3 Å². The smallest absolute Gasteiger partial charge is 0.253 e. The van der Waals surface area contributed by atoms with E-state index in [2.05, 4.69) is 15.4 Å². The molecule has 3 N–H and O–H groups in total. The average molecular weight is 448 g/mol. The summed E-state index contributed by atoms with van der Waals surface area (Å²) in [5.41, 5.74) is 8.89. The van der Waals surface area contributed by atoms with Crippen LogP contribution in [0, 0.1) is 5.92 Å². The van der Waals surface area contributed by atoms with E-state index in [1.54, 1.807) is 19.5 Å². The second-order valence-corrected chi connectivity index (χ2v) is 8.67. The molecule has 172 valence electrons. The fourth-order valence-corrected chi connectivity index (χ4v) is 4.39. The average Bonchev–Trinajstić information content (AvgIpc) is 3.32. The maximum atomic E-state index is 12.7. The van der Waals surface area contributed by atoms with Crippen molar-refractivity contribution in [2.75, 3.05) is 32.1 Å². The third-order valence-electron chi connectivity index (χ3n) is 6.36. The Kier molecular flexibility index (Phi) is 5.95. The zero-order valence-electron chi connectivity index (χ0n) is 18.8. The Labute approximate surface area is 193 Å². The summed E-state index contributed by atoms with van der Waals surface area (Å²) in [7, 11) is 1.60. The van der Waals surface area contributed by atoms with E-state index in [4.69, 9.17) is 15.5 Å². The molecule has 1 aliphatic heterocycles. The van der Waals surface area contributed by atoms with Crippen molar-refractivity contribution in [3.05, 3.63) is 48.4 Å². The van der Waals surface area contributed by atoms with Gasteiger partial charge in [0.1, 0.15) is 5.69 Å². The topological polar surface area (TPSA) is 111 Å². The van der Waals surface area contributed by atoms with Gasteiger partial charge in [-0.3, -0.25) is 9.48 Å². The Balaban J connectivity index is 1.38. The summed E-state index contributed by atoms with van der Waals surface area (Å²) in [5.74, 6) is 1.64. The number of nitrogens with zero attached hydrogens (tertiary/aromatic N) is 5. The highest BCUT2D eigenvalue weighted by atomic mass is 16.5. The third kappa shape index (κ3) is 4.54. The number of anilines is 2. The number of methoxy groups -OCH3 is 1. The van der Waals surface area contributed by atoms with Crippen LogP contribution in [0.15, 0.2) is 42.9 Å². The quantitative estimate of drug-likeness (QED) is 0.545. The van der Waals surface area contributed by atoms with Gasteiger partial charge >= 0.3 is 0 Å². The van der Waals surface area contributed by atoms with Gasteiger partial charge in [-0.05, 0) is 49.8 Å². The van der Waals surface area contributed by atoms with Gasteiger partial charge in [0.25, 0.3) is 5.91 Å². The third-order valence-corrected chi connectivity index (χ3v) is 6.36. The van der Waals surface area contributed by atoms with E-state index < -0.39 is 0 Å². The molecule has 5 rings (SSSR count). The lowest BCUT2D eigenvalue weighted by Gasteiger charge is -2.16. The Hall–Kier alpha value is -3.46. The molecule has 1 saturated heterocycles. The van der Waals surface area contributed by atoms with E-state index in [1.807, 2.05) is 40.0 Å². The van der Waals surface area contributed by atoms with Crippen molar-refractivity contribution in [1.82, 2.24) is 24.6 Å². The van der Waals surface area contributed by atoms with E-state index >= 15 is 0 Å². The van der Waals surface area contributed by atoms with Crippen LogP contribution in [0.2, 0.25) is 0 Å². The molecule has 2 fully saturated rings. The molecule has 3 heterocycles. The van der Waals surface area contributed by atoms with Crippen LogP contribution in [0.4, 0.5) is 11.6 Å². The predicted octanol–water partition coefficient (Wildman–Crippen LogP) is 3.24. The molecule has 0 spiro atoms. The van der Waals surface area contributed by atoms with Crippen molar-refractivity contribution in [3.8, 4) is 17.0 Å². The minimum atomic E-state index is 0.0602. The van der Waals surface area contributed by atoms with Crippen LogP contribution in [-0.2, 0) is 0 Å². The normalized spacial score (nSPS) is 16.6. The lowest BCUT2D eigenvalue weighted by molar-refractivity contribution is 0.0793. The molecule has 2 aliphatic rings. The zero-order valence-corrected chi connectivity index (χ0v) is 18.8. The number of benzene rings is 1. The molecular weight excluding hydrogens is 418 g/mol. The molecule has 1 atom stereocenters. The van der Waals surface area contributed by atoms with Crippen molar-refractivity contribution in [2.45, 2.75) is 31.7 Å². The highest BCUT2D eigenvalue weighted by molar-refractivity contribution is 5.95. The summed E-state index contributed by atoms with van der Waals surface area (Å²) < 4.78 is 7.44. The summed E-state index contributed by atoms with van der Waals surface area (Å²) >= 11 is 0. The fourth-order valence-electron chi connectivity index (χ4n) is 4.39. The first-order chi connectivity index (χ1) is 16.2. The Morgan fingerprint density at radius 2 is 2.09 bits per heavy atom. The van der Waals surface area contributed by atoms with Crippen LogP contribution >= 0.6 is 0 Å². The monoisotopic (exact) mass is 447 g/mol. The van der Waals surface area contributed by atoms with E-state index in [1.165, 1.54) is 12.8 Å². The molecular formula is C24H29N7O2. The number of amides is 1. The van der Waals surface area contributed by atoms with E-state index in [-0.39, 0.29) is 11.9 Å². The largest absolute Gasteiger partial charge is 0.493 e. The minimum Gasteiger partial charge on any atom is -0.493 e. The molecule has 3 aromatic rings. The van der Waals surface area contributed by atoms with Gasteiger partial charge in [-0.1, -0.05) is 6.07 Å². The minimum absolute atomic E-state index is 0.0602. The van der Waals surface area contributed by atoms with Crippen molar-refractivity contribution >= 4 is 17.5 Å². The molecule has 33 heavy (non-hydrogen) atoms. The van der Waals surface area contributed by atoms with E-state index in [0.717, 1.165) is 37.2 Å². The first-order valence-electron chi connectivity index (χ1n) is 11.5. The molecule has 1 unspecified atom stereocenters. The van der Waals surface area contributed by atoms with Gasteiger partial charge in [0.15, 0.2) is 5.75 Å². The van der Waals surface area contributed by atoms with Crippen LogP contribution in [0.25, 0.3) is 11.3 Å². The molecule has 1 saturated carbocycles. The van der Waals surface area contributed by atoms with Crippen molar-refractivity contribution < 1.29 is 9.53 Å². The van der Waals surface area contributed by atoms with Crippen molar-refractivity contribution in [2.24, 2.45) is 11.7 Å². The Bertz CT molecular complexity index is 1140. The van der Waals surface area contributed by atoms with Gasteiger partial charge in [0.05, 0.1) is 25.5 Å². The van der Waals surface area contributed by atoms with Crippen LogP contribution in [0.5, 0.6) is 5.75 Å². The highest BCUT2D eigenvalue weighted by Gasteiger charge is 2.32. The fraction of sp³-hybridized carbons (Fsp3) is 0.417. The molecule has 1 aliphatic carbocycles. The van der Waals surface area contributed by atoms with Gasteiger partial charge in [-0.2, -0.15) is 5.10 Å². The molecule has 9 heteroatoms. The molecule has 1 amide bonds. The zero-order chi connectivity index (χ0) is 22.8. The van der Waals surface area contributed by atoms with Crippen LogP contribution in [0.3, 0.4) is 0 Å². The number of carbonyl (C=O) groups is 1. The molecule has 1 aromatic carbocycles. The van der Waals surface area contributed by atoms with Crippen LogP contribution < -0.4 is 15.8 Å². The number of likely N-dealkylation sites (tertiary alicyclic amines) is 1. The molecule has 2 aromatic heterocycles. The van der Waals surface area contributed by atoms with Gasteiger partial charge in [-0.15, -0.1) is 0 Å². The number of ether oxygens (including phenoxy) is 1. The lowest BCUT2D eigenvalue weighted by Crippen LogP contribution is -2.27. The number of carbonyl (C=O) groups excluding carboxylic acids is 1. The van der Waals surface area contributed by atoms with E-state index in [9.17, 15) is 4.79 Å². The second kappa shape index (κ2) is 9.19. The number of rotatable bonds is 8. The molecule has 0 radical (unpaired) electrons. The molecule has 0 bridgehead atoms. The summed E-state index contributed by atoms with van der Waals surface area (Å²) in [5, 5.41) is 7.77. The number of hydrogen-bond donors (Lipinski definition) is 2. The number of nitrogens with two attached hydrogens (primary N) is 1. The second-order valence-electron chi connectivity index (χ2n) is 8.67. The molecule has 9 nitrogen and oxygen atoms in total. The van der Waals surface area contributed by atoms with Gasteiger partial charge in [-0.25, -0.2) is 9.97 Å². The Morgan fingerprint density at radius 3 is 2.82 bits per heavy atom. The van der Waals surface area contributed by atoms with Gasteiger partial charge in [0, 0.05) is 42.6 Å². The maximum Gasteiger partial charge on any atom is 0.253 e. The van der Waals surface area contributed by atoms with Crippen LogP contribution in [0.1, 0.15) is 42.1 Å². The summed E-state index contributed by atoms with van der Waals surface area (Å²) in [4.78, 5) is 23.7. The first kappa shape index (κ1) is 21.4. The highest BCUT2D eigenvalue weighted by Crippen LogP contribution is 2.39. The van der Waals surface area contributed by atoms with Crippen molar-refractivity contribution in [1.29, 1.82) is 0 Å². The maximum absolute atomic E-state index is 12.7. The lowest BCUT2D eigenvalue weighted by atomic mass is 10.1. The predicted molar refractivity (Wildman–Crippen MR) is 125 cm³/mol. The Morgan fingerprint density at radius 1 is 1.27 bits per heavy atom. The number of hydrogen-bond acceptors (Lipinski definition) is 7.